The van der Waals surface area contributed by atoms with Gasteiger partial charge in [-0.25, -0.2) is 0 Å². The SMILES string of the molecule is C.C.CC.CC.O.[H+].[H+]. The summed E-state index contributed by atoms with van der Waals surface area (Å²) in [6, 6.07) is 0. The molecule has 0 heterocycles. The van der Waals surface area contributed by atoms with E-state index in [1.807, 2.05) is 27.7 Å². The monoisotopic (exact) mass is 112 g/mol. The van der Waals surface area contributed by atoms with Crippen molar-refractivity contribution in [3.8, 4) is 0 Å². The molecule has 0 bridgehead atoms. The second-order valence-electron chi connectivity index (χ2n) is 0. The smallest absolute Gasteiger partial charge is 0.412 e. The van der Waals surface area contributed by atoms with Crippen molar-refractivity contribution in [1.29, 1.82) is 0 Å². The van der Waals surface area contributed by atoms with Gasteiger partial charge in [0.05, 0.1) is 0 Å². The van der Waals surface area contributed by atoms with Crippen LogP contribution in [-0.2, 0) is 0 Å². The highest BCUT2D eigenvalue weighted by atomic mass is 16.0. The van der Waals surface area contributed by atoms with Crippen LogP contribution >= 0.6 is 0 Å². The molecule has 2 N–H and O–H groups in total. The molecule has 0 unspecified atom stereocenters. The van der Waals surface area contributed by atoms with Crippen LogP contribution in [0, 0.1) is 0 Å². The van der Waals surface area contributed by atoms with Crippen LogP contribution in [-0.4, -0.2) is 5.48 Å². The minimum atomic E-state index is 0. The zero-order valence-corrected chi connectivity index (χ0v) is 4.50. The molecule has 0 fully saturated rings. The van der Waals surface area contributed by atoms with E-state index in [2.05, 4.69) is 0 Å². The van der Waals surface area contributed by atoms with Gasteiger partial charge in [0.15, 0.2) is 0 Å². The molecule has 1 nitrogen and oxygen atoms in total. The summed E-state index contributed by atoms with van der Waals surface area (Å²) >= 11 is 0. The number of hydrogen-bond acceptors (Lipinski definition) is 0. The molecule has 0 spiro atoms. The molecule has 0 saturated heterocycles. The van der Waals surface area contributed by atoms with Crippen molar-refractivity contribution in [2.45, 2.75) is 42.5 Å². The summed E-state index contributed by atoms with van der Waals surface area (Å²) in [6.45, 7) is 8.00. The van der Waals surface area contributed by atoms with Crippen LogP contribution in [0.3, 0.4) is 0 Å². The maximum atomic E-state index is 2.00. The van der Waals surface area contributed by atoms with Crippen molar-refractivity contribution < 1.29 is 8.33 Å². The third-order valence-corrected chi connectivity index (χ3v) is 0. The van der Waals surface area contributed by atoms with Gasteiger partial charge < -0.3 is 5.48 Å². The molecule has 52 valence electrons. The molecule has 0 radical (unpaired) electrons. The summed E-state index contributed by atoms with van der Waals surface area (Å²) in [6.07, 6.45) is 0. The Kier molecular flexibility index (Phi) is 843000. The molecule has 0 aromatic carbocycles. The molecule has 1 heteroatoms. The van der Waals surface area contributed by atoms with E-state index in [4.69, 9.17) is 0 Å². The first-order chi connectivity index (χ1) is 2.00. The maximum absolute atomic E-state index is 2.00. The van der Waals surface area contributed by atoms with Crippen molar-refractivity contribution in [2.24, 2.45) is 0 Å². The van der Waals surface area contributed by atoms with Gasteiger partial charge in [0, 0.05) is 0 Å². The highest BCUT2D eigenvalue weighted by molar-refractivity contribution is 3.51. The highest BCUT2D eigenvalue weighted by Gasteiger charge is 0.934. The van der Waals surface area contributed by atoms with Crippen molar-refractivity contribution >= 4 is 0 Å². The summed E-state index contributed by atoms with van der Waals surface area (Å²) in [5, 5.41) is 0. The van der Waals surface area contributed by atoms with Crippen LogP contribution in [0.15, 0.2) is 0 Å². The van der Waals surface area contributed by atoms with Gasteiger partial charge in [-0.05, 0) is 0 Å². The first-order valence-corrected chi connectivity index (χ1v) is 2.00. The van der Waals surface area contributed by atoms with Crippen molar-refractivity contribution in [2.75, 3.05) is 0 Å². The van der Waals surface area contributed by atoms with Crippen molar-refractivity contribution in [3.05, 3.63) is 0 Å². The number of rotatable bonds is 0. The van der Waals surface area contributed by atoms with E-state index in [1.54, 1.807) is 0 Å². The average molecular weight is 112 g/mol. The van der Waals surface area contributed by atoms with E-state index < -0.39 is 0 Å². The number of hydrogen-bond donors (Lipinski definition) is 0. The van der Waals surface area contributed by atoms with E-state index in [-0.39, 0.29) is 23.2 Å². The summed E-state index contributed by atoms with van der Waals surface area (Å²) in [5.74, 6) is 0. The normalized spacial score (nSPS) is 1.71. The molecule has 0 aromatic rings. The molecular weight excluding hydrogens is 88.1 g/mol. The van der Waals surface area contributed by atoms with Gasteiger partial charge in [0.1, 0.15) is 0 Å². The minimum absolute atomic E-state index is 0. The van der Waals surface area contributed by atoms with E-state index >= 15 is 0 Å². The van der Waals surface area contributed by atoms with Gasteiger partial charge in [-0.1, -0.05) is 42.5 Å². The molecule has 0 aliphatic rings. The minimum Gasteiger partial charge on any atom is -0.412 e. The van der Waals surface area contributed by atoms with Crippen LogP contribution in [0.25, 0.3) is 0 Å². The molecule has 0 aliphatic carbocycles. The van der Waals surface area contributed by atoms with Gasteiger partial charge >= 0.3 is 2.85 Å². The van der Waals surface area contributed by atoms with Crippen LogP contribution in [0.1, 0.15) is 45.4 Å². The molecular formula is C6H24O+2. The fourth-order valence-corrected chi connectivity index (χ4v) is 0. The standard InChI is InChI=1S/2C2H6.2CH4.H2O/c2*1-2;;;/h2*1-2H3;2*1H4;1H2/p+2. The molecule has 7 heavy (non-hydrogen) atoms. The van der Waals surface area contributed by atoms with E-state index in [9.17, 15) is 0 Å². The van der Waals surface area contributed by atoms with E-state index in [0.29, 0.717) is 0 Å². The van der Waals surface area contributed by atoms with Crippen LogP contribution in [0.4, 0.5) is 0 Å². The van der Waals surface area contributed by atoms with E-state index in [0.717, 1.165) is 0 Å². The quantitative estimate of drug-likeness (QED) is 0.461. The Balaban J connectivity index is -0.00000000114. The lowest BCUT2D eigenvalue weighted by molar-refractivity contribution is 0.824. The molecule has 0 rings (SSSR count). The topological polar surface area (TPSA) is 31.5 Å². The summed E-state index contributed by atoms with van der Waals surface area (Å²) < 4.78 is 0. The largest absolute Gasteiger partial charge is 1.00 e. The predicted octanol–water partition coefficient (Wildman–Crippen LogP) is 2.72. The zero-order chi connectivity index (χ0) is 4.00. The molecule has 0 saturated carbocycles. The average Bonchev–Trinajstić information content (AvgIpc) is 1.50. The maximum Gasteiger partial charge on any atom is 1.00 e. The third kappa shape index (κ3) is 58400. The Morgan fingerprint density at radius 2 is 0.714 bits per heavy atom. The van der Waals surface area contributed by atoms with Crippen LogP contribution < -0.4 is 0 Å². The molecule has 0 atom stereocenters. The van der Waals surface area contributed by atoms with Gasteiger partial charge in [-0.3, -0.25) is 0 Å². The van der Waals surface area contributed by atoms with Crippen LogP contribution in [0.5, 0.6) is 0 Å². The fraction of sp³-hybridized carbons (Fsp3) is 1.00. The fourth-order valence-electron chi connectivity index (χ4n) is 0. The Bertz CT molecular complexity index is 11.0. The van der Waals surface area contributed by atoms with Gasteiger partial charge in [0.2, 0.25) is 0 Å². The summed E-state index contributed by atoms with van der Waals surface area (Å²) in [5.41, 5.74) is 0. The van der Waals surface area contributed by atoms with Crippen LogP contribution in [0.2, 0.25) is 0 Å². The second kappa shape index (κ2) is 91600. The Morgan fingerprint density at radius 1 is 0.714 bits per heavy atom. The van der Waals surface area contributed by atoms with Gasteiger partial charge in [-0.2, -0.15) is 0 Å². The van der Waals surface area contributed by atoms with Crippen molar-refractivity contribution in [1.82, 2.24) is 0 Å². The van der Waals surface area contributed by atoms with Crippen molar-refractivity contribution in [3.63, 3.8) is 0 Å². The lowest BCUT2D eigenvalue weighted by Crippen LogP contribution is -0.856. The molecule has 0 aliphatic heterocycles. The molecule has 0 aromatic heterocycles. The predicted molar refractivity (Wildman–Crippen MR) is 42.0 cm³/mol. The van der Waals surface area contributed by atoms with E-state index in [1.165, 1.54) is 0 Å². The second-order valence-corrected chi connectivity index (χ2v) is 0. The Labute approximate surface area is 52.0 Å². The molecule has 0 amide bonds. The first-order valence-electron chi connectivity index (χ1n) is 2.00. The third-order valence-electron chi connectivity index (χ3n) is 0. The highest BCUT2D eigenvalue weighted by Crippen LogP contribution is 1.15. The van der Waals surface area contributed by atoms with Gasteiger partial charge in [0.25, 0.3) is 0 Å². The van der Waals surface area contributed by atoms with Gasteiger partial charge in [-0.15, -0.1) is 0 Å². The summed E-state index contributed by atoms with van der Waals surface area (Å²) in [7, 11) is 0. The lowest BCUT2D eigenvalue weighted by atomic mass is 11.0. The zero-order valence-electron chi connectivity index (χ0n) is 6.50. The Morgan fingerprint density at radius 3 is 0.714 bits per heavy atom. The Hall–Kier alpha value is -0.0400. The first kappa shape index (κ1) is 64.4. The summed E-state index contributed by atoms with van der Waals surface area (Å²) in [4.78, 5) is 0. The lowest BCUT2D eigenvalue weighted by Gasteiger charge is -1.07.